The molecule has 5 heteroatoms. The van der Waals surface area contributed by atoms with Crippen molar-refractivity contribution in [3.8, 4) is 11.5 Å². The molecular weight excluding hydrogens is 268 g/mol. The molecule has 0 spiro atoms. The van der Waals surface area contributed by atoms with E-state index < -0.39 is 6.10 Å². The summed E-state index contributed by atoms with van der Waals surface area (Å²) in [6.07, 6.45) is 4.89. The van der Waals surface area contributed by atoms with Crippen molar-refractivity contribution in [2.45, 2.75) is 32.4 Å². The molecule has 1 aromatic heterocycles. The molecule has 21 heavy (non-hydrogen) atoms. The van der Waals surface area contributed by atoms with Crippen molar-refractivity contribution in [2.24, 2.45) is 0 Å². The van der Waals surface area contributed by atoms with Gasteiger partial charge in [-0.15, -0.1) is 0 Å². The summed E-state index contributed by atoms with van der Waals surface area (Å²) in [4.78, 5) is 4.32. The van der Waals surface area contributed by atoms with Gasteiger partial charge in [0, 0.05) is 24.4 Å². The molecule has 1 heterocycles. The van der Waals surface area contributed by atoms with Crippen LogP contribution in [-0.4, -0.2) is 28.9 Å². The lowest BCUT2D eigenvalue weighted by Gasteiger charge is -2.17. The molecule has 2 aromatic rings. The zero-order chi connectivity index (χ0) is 15.2. The summed E-state index contributed by atoms with van der Waals surface area (Å²) >= 11 is 0. The third-order valence-electron chi connectivity index (χ3n) is 3.44. The molecule has 1 aromatic carbocycles. The maximum absolute atomic E-state index is 10.5. The SMILES string of the molecule is CCCc1nccn1CC(O)c1cc(OC)ccc1OC. The van der Waals surface area contributed by atoms with E-state index in [9.17, 15) is 5.11 Å². The molecule has 0 fully saturated rings. The Labute approximate surface area is 125 Å². The Kier molecular flexibility index (Phi) is 5.22. The quantitative estimate of drug-likeness (QED) is 0.851. The maximum Gasteiger partial charge on any atom is 0.124 e. The van der Waals surface area contributed by atoms with Crippen LogP contribution in [0.3, 0.4) is 0 Å². The molecular formula is C16H22N2O3. The highest BCUT2D eigenvalue weighted by molar-refractivity contribution is 5.41. The van der Waals surface area contributed by atoms with Gasteiger partial charge in [0.2, 0.25) is 0 Å². The normalized spacial score (nSPS) is 12.2. The van der Waals surface area contributed by atoms with Crippen molar-refractivity contribution in [1.82, 2.24) is 9.55 Å². The highest BCUT2D eigenvalue weighted by Gasteiger charge is 2.16. The van der Waals surface area contributed by atoms with Gasteiger partial charge < -0.3 is 19.1 Å². The Balaban J connectivity index is 2.22. The van der Waals surface area contributed by atoms with Gasteiger partial charge in [-0.05, 0) is 24.6 Å². The van der Waals surface area contributed by atoms with Crippen molar-refractivity contribution in [1.29, 1.82) is 0 Å². The van der Waals surface area contributed by atoms with Crippen LogP contribution in [0.2, 0.25) is 0 Å². The molecule has 1 N–H and O–H groups in total. The van der Waals surface area contributed by atoms with E-state index in [2.05, 4.69) is 11.9 Å². The summed E-state index contributed by atoms with van der Waals surface area (Å²) in [6.45, 7) is 2.55. The number of methoxy groups -OCH3 is 2. The molecule has 0 amide bonds. The van der Waals surface area contributed by atoms with Gasteiger partial charge in [-0.3, -0.25) is 0 Å². The van der Waals surface area contributed by atoms with Crippen LogP contribution in [-0.2, 0) is 13.0 Å². The molecule has 2 rings (SSSR count). The minimum atomic E-state index is -0.681. The van der Waals surface area contributed by atoms with Gasteiger partial charge in [0.1, 0.15) is 23.4 Å². The lowest BCUT2D eigenvalue weighted by atomic mass is 10.1. The van der Waals surface area contributed by atoms with Crippen molar-refractivity contribution >= 4 is 0 Å². The summed E-state index contributed by atoms with van der Waals surface area (Å²) < 4.78 is 12.5. The molecule has 1 unspecified atom stereocenters. The number of hydrogen-bond donors (Lipinski definition) is 1. The van der Waals surface area contributed by atoms with Crippen molar-refractivity contribution in [3.05, 3.63) is 42.0 Å². The predicted octanol–water partition coefficient (Wildman–Crippen LogP) is 2.59. The molecule has 0 aliphatic heterocycles. The first-order valence-electron chi connectivity index (χ1n) is 7.09. The molecule has 0 saturated heterocycles. The van der Waals surface area contributed by atoms with E-state index in [0.29, 0.717) is 23.6 Å². The number of imidazole rings is 1. The highest BCUT2D eigenvalue weighted by Crippen LogP contribution is 2.30. The van der Waals surface area contributed by atoms with E-state index in [1.807, 2.05) is 16.8 Å². The van der Waals surface area contributed by atoms with Crippen molar-refractivity contribution in [3.63, 3.8) is 0 Å². The first kappa shape index (κ1) is 15.4. The summed E-state index contributed by atoms with van der Waals surface area (Å²) in [5.41, 5.74) is 0.716. The average Bonchev–Trinajstić information content (AvgIpc) is 2.94. The van der Waals surface area contributed by atoms with E-state index in [4.69, 9.17) is 9.47 Å². The van der Waals surface area contributed by atoms with Gasteiger partial charge in [0.25, 0.3) is 0 Å². The Hall–Kier alpha value is -2.01. The van der Waals surface area contributed by atoms with Crippen molar-refractivity contribution < 1.29 is 14.6 Å². The molecule has 0 bridgehead atoms. The van der Waals surface area contributed by atoms with Gasteiger partial charge in [-0.1, -0.05) is 6.92 Å². The molecule has 0 aliphatic rings. The second-order valence-corrected chi connectivity index (χ2v) is 4.87. The van der Waals surface area contributed by atoms with Gasteiger partial charge in [-0.25, -0.2) is 4.98 Å². The number of aliphatic hydroxyl groups excluding tert-OH is 1. The number of aromatic nitrogens is 2. The van der Waals surface area contributed by atoms with E-state index in [1.165, 1.54) is 0 Å². The second kappa shape index (κ2) is 7.13. The molecule has 0 saturated carbocycles. The number of nitrogens with zero attached hydrogens (tertiary/aromatic N) is 2. The third kappa shape index (κ3) is 3.55. The largest absolute Gasteiger partial charge is 0.497 e. The molecule has 0 radical (unpaired) electrons. The fourth-order valence-electron chi connectivity index (χ4n) is 2.34. The van der Waals surface area contributed by atoms with Gasteiger partial charge in [-0.2, -0.15) is 0 Å². The van der Waals surface area contributed by atoms with Gasteiger partial charge in [0.15, 0.2) is 0 Å². The first-order chi connectivity index (χ1) is 10.2. The van der Waals surface area contributed by atoms with Crippen LogP contribution < -0.4 is 9.47 Å². The van der Waals surface area contributed by atoms with Crippen LogP contribution in [0.15, 0.2) is 30.6 Å². The lowest BCUT2D eigenvalue weighted by Crippen LogP contribution is -2.12. The zero-order valence-corrected chi connectivity index (χ0v) is 12.7. The number of aliphatic hydroxyl groups is 1. The topological polar surface area (TPSA) is 56.5 Å². The van der Waals surface area contributed by atoms with Crippen LogP contribution >= 0.6 is 0 Å². The van der Waals surface area contributed by atoms with E-state index in [1.54, 1.807) is 32.5 Å². The summed E-state index contributed by atoms with van der Waals surface area (Å²) in [5.74, 6) is 2.34. The summed E-state index contributed by atoms with van der Waals surface area (Å²) in [5, 5.41) is 10.5. The number of ether oxygens (including phenoxy) is 2. The standard InChI is InChI=1S/C16H22N2O3/c1-4-5-16-17-8-9-18(16)11-14(19)13-10-12(20-2)6-7-15(13)21-3/h6-10,14,19H,4-5,11H2,1-3H3. The lowest BCUT2D eigenvalue weighted by molar-refractivity contribution is 0.151. The van der Waals surface area contributed by atoms with Crippen molar-refractivity contribution in [2.75, 3.05) is 14.2 Å². The Morgan fingerprint density at radius 1 is 1.29 bits per heavy atom. The highest BCUT2D eigenvalue weighted by atomic mass is 16.5. The minimum absolute atomic E-state index is 0.443. The molecule has 1 atom stereocenters. The fourth-order valence-corrected chi connectivity index (χ4v) is 2.34. The van der Waals surface area contributed by atoms with Crippen LogP contribution in [0.4, 0.5) is 0 Å². The Morgan fingerprint density at radius 2 is 2.10 bits per heavy atom. The second-order valence-electron chi connectivity index (χ2n) is 4.87. The number of hydrogen-bond acceptors (Lipinski definition) is 4. The number of rotatable bonds is 7. The Bertz CT molecular complexity index is 581. The van der Waals surface area contributed by atoms with Crippen LogP contribution in [0, 0.1) is 0 Å². The maximum atomic E-state index is 10.5. The van der Waals surface area contributed by atoms with Gasteiger partial charge >= 0.3 is 0 Å². The number of aryl methyl sites for hydroxylation is 1. The summed E-state index contributed by atoms with van der Waals surface area (Å²) in [7, 11) is 3.20. The van der Waals surface area contributed by atoms with Crippen LogP contribution in [0.1, 0.15) is 30.8 Å². The zero-order valence-electron chi connectivity index (χ0n) is 12.7. The predicted molar refractivity (Wildman–Crippen MR) is 80.7 cm³/mol. The van der Waals surface area contributed by atoms with Crippen LogP contribution in [0.5, 0.6) is 11.5 Å². The molecule has 114 valence electrons. The third-order valence-corrected chi connectivity index (χ3v) is 3.44. The average molecular weight is 290 g/mol. The van der Waals surface area contributed by atoms with E-state index in [-0.39, 0.29) is 0 Å². The number of benzene rings is 1. The smallest absolute Gasteiger partial charge is 0.124 e. The fraction of sp³-hybridized carbons (Fsp3) is 0.438. The van der Waals surface area contributed by atoms with Crippen LogP contribution in [0.25, 0.3) is 0 Å². The monoisotopic (exact) mass is 290 g/mol. The van der Waals surface area contributed by atoms with Gasteiger partial charge in [0.05, 0.1) is 20.8 Å². The molecule has 5 nitrogen and oxygen atoms in total. The molecule has 0 aliphatic carbocycles. The Morgan fingerprint density at radius 3 is 2.76 bits per heavy atom. The minimum Gasteiger partial charge on any atom is -0.497 e. The summed E-state index contributed by atoms with van der Waals surface area (Å²) in [6, 6.07) is 5.42. The first-order valence-corrected chi connectivity index (χ1v) is 7.09. The van der Waals surface area contributed by atoms with E-state index in [0.717, 1.165) is 18.7 Å². The van der Waals surface area contributed by atoms with E-state index >= 15 is 0 Å².